The van der Waals surface area contributed by atoms with Gasteiger partial charge in [0.25, 0.3) is 0 Å². The number of anilines is 2. The first-order chi connectivity index (χ1) is 15.5. The van der Waals surface area contributed by atoms with Crippen molar-refractivity contribution in [1.29, 1.82) is 0 Å². The van der Waals surface area contributed by atoms with E-state index in [0.717, 1.165) is 51.7 Å². The zero-order valence-electron chi connectivity index (χ0n) is 18.4. The number of piperidine rings is 1. The summed E-state index contributed by atoms with van der Waals surface area (Å²) in [6, 6.07) is 3.11. The van der Waals surface area contributed by atoms with E-state index in [9.17, 15) is 9.59 Å². The zero-order valence-corrected chi connectivity index (χ0v) is 18.4. The van der Waals surface area contributed by atoms with Crippen LogP contribution in [-0.4, -0.2) is 79.0 Å². The predicted molar refractivity (Wildman–Crippen MR) is 120 cm³/mol. The van der Waals surface area contributed by atoms with Crippen LogP contribution in [0.4, 0.5) is 20.7 Å². The van der Waals surface area contributed by atoms with Gasteiger partial charge in [0.2, 0.25) is 5.91 Å². The maximum Gasteiger partial charge on any atom is 0.329 e. The number of piperazine rings is 1. The van der Waals surface area contributed by atoms with Crippen molar-refractivity contribution in [2.45, 2.75) is 19.3 Å². The lowest BCUT2D eigenvalue weighted by Gasteiger charge is -2.38. The van der Waals surface area contributed by atoms with E-state index in [4.69, 9.17) is 0 Å². The monoisotopic (exact) mass is 443 g/mol. The molecule has 3 amide bonds. The molecule has 0 atom stereocenters. The van der Waals surface area contributed by atoms with Crippen LogP contribution in [0, 0.1) is 11.7 Å². The fourth-order valence-electron chi connectivity index (χ4n) is 5.11. The largest absolute Gasteiger partial charge is 0.367 e. The molecule has 0 aliphatic carbocycles. The van der Waals surface area contributed by atoms with Gasteiger partial charge >= 0.3 is 6.03 Å². The summed E-state index contributed by atoms with van der Waals surface area (Å²) in [5, 5.41) is 10.7. The minimum atomic E-state index is -0.518. The number of hydrogen-bond acceptors (Lipinski definition) is 6. The van der Waals surface area contributed by atoms with E-state index >= 15 is 4.39 Å². The summed E-state index contributed by atoms with van der Waals surface area (Å²) < 4.78 is 17.1. The van der Waals surface area contributed by atoms with Crippen LogP contribution in [0.1, 0.15) is 19.3 Å². The molecular formula is C22H30FN7O2. The summed E-state index contributed by atoms with van der Waals surface area (Å²) in [7, 11) is 1.68. The van der Waals surface area contributed by atoms with Gasteiger partial charge in [0, 0.05) is 58.1 Å². The third-order valence-electron chi connectivity index (χ3n) is 6.90. The first-order valence-corrected chi connectivity index (χ1v) is 11.5. The van der Waals surface area contributed by atoms with Crippen LogP contribution in [0.5, 0.6) is 0 Å². The SMILES string of the molecule is Cn1nc(N2CCC(=O)NC2=O)c2ccc(N3CCN(CC4CCNCC4)CC3)c(F)c21. The van der Waals surface area contributed by atoms with Crippen molar-refractivity contribution in [1.82, 2.24) is 25.3 Å². The third kappa shape index (κ3) is 3.93. The second-order valence-corrected chi connectivity index (χ2v) is 8.98. The fourth-order valence-corrected chi connectivity index (χ4v) is 5.11. The van der Waals surface area contributed by atoms with Gasteiger partial charge in [0.15, 0.2) is 11.6 Å². The van der Waals surface area contributed by atoms with Gasteiger partial charge in [-0.2, -0.15) is 5.10 Å². The van der Waals surface area contributed by atoms with Crippen LogP contribution in [0.3, 0.4) is 0 Å². The standard InChI is InChI=1S/C22H30FN7O2/c1-27-20-16(21(26-27)30-9-6-18(31)25-22(30)32)2-3-17(19(20)23)29-12-10-28(11-13-29)14-15-4-7-24-8-5-15/h2-3,15,24H,4-14H2,1H3,(H,25,31,32). The lowest BCUT2D eigenvalue weighted by Crippen LogP contribution is -2.49. The minimum absolute atomic E-state index is 0.200. The van der Waals surface area contributed by atoms with Gasteiger partial charge in [-0.15, -0.1) is 0 Å². The van der Waals surface area contributed by atoms with E-state index in [1.54, 1.807) is 13.1 Å². The third-order valence-corrected chi connectivity index (χ3v) is 6.90. The molecule has 0 bridgehead atoms. The highest BCUT2D eigenvalue weighted by Gasteiger charge is 2.30. The molecular weight excluding hydrogens is 413 g/mol. The highest BCUT2D eigenvalue weighted by molar-refractivity contribution is 6.09. The molecule has 3 saturated heterocycles. The molecule has 3 aliphatic rings. The Morgan fingerprint density at radius 1 is 1.09 bits per heavy atom. The Bertz CT molecular complexity index is 1020. The highest BCUT2D eigenvalue weighted by atomic mass is 19.1. The number of nitrogens with zero attached hydrogens (tertiary/aromatic N) is 5. The molecule has 1 aromatic carbocycles. The van der Waals surface area contributed by atoms with Crippen molar-refractivity contribution in [2.75, 3.05) is 62.2 Å². The first kappa shape index (κ1) is 21.1. The minimum Gasteiger partial charge on any atom is -0.367 e. The number of imide groups is 1. The van der Waals surface area contributed by atoms with Gasteiger partial charge < -0.3 is 10.2 Å². The molecule has 32 heavy (non-hydrogen) atoms. The van der Waals surface area contributed by atoms with Gasteiger partial charge in [-0.3, -0.25) is 24.6 Å². The van der Waals surface area contributed by atoms with Crippen LogP contribution in [-0.2, 0) is 11.8 Å². The Morgan fingerprint density at radius 3 is 2.56 bits per heavy atom. The van der Waals surface area contributed by atoms with Gasteiger partial charge in [-0.1, -0.05) is 0 Å². The van der Waals surface area contributed by atoms with Gasteiger partial charge in [0.05, 0.1) is 5.69 Å². The number of benzene rings is 1. The smallest absolute Gasteiger partial charge is 0.329 e. The van der Waals surface area contributed by atoms with Crippen LogP contribution < -0.4 is 20.4 Å². The van der Waals surface area contributed by atoms with Gasteiger partial charge in [-0.25, -0.2) is 9.18 Å². The number of aryl methyl sites for hydroxylation is 1. The number of carbonyl (C=O) groups excluding carboxylic acids is 2. The Balaban J connectivity index is 1.32. The summed E-state index contributed by atoms with van der Waals surface area (Å²) in [6.07, 6.45) is 2.67. The van der Waals surface area contributed by atoms with E-state index in [0.29, 0.717) is 22.4 Å². The molecule has 172 valence electrons. The van der Waals surface area contributed by atoms with Crippen LogP contribution in [0.2, 0.25) is 0 Å². The molecule has 2 aromatic rings. The molecule has 1 aromatic heterocycles. The van der Waals surface area contributed by atoms with Crippen molar-refractivity contribution >= 4 is 34.3 Å². The average molecular weight is 444 g/mol. The Labute approximate surface area is 186 Å². The van der Waals surface area contributed by atoms with E-state index in [2.05, 4.69) is 25.5 Å². The molecule has 0 radical (unpaired) electrons. The van der Waals surface area contributed by atoms with Gasteiger partial charge in [-0.05, 0) is 44.0 Å². The maximum absolute atomic E-state index is 15.6. The lowest BCUT2D eigenvalue weighted by atomic mass is 9.97. The van der Waals surface area contributed by atoms with Crippen LogP contribution in [0.15, 0.2) is 12.1 Å². The molecule has 3 aliphatic heterocycles. The number of rotatable bonds is 4. The first-order valence-electron chi connectivity index (χ1n) is 11.5. The van der Waals surface area contributed by atoms with E-state index in [-0.39, 0.29) is 24.7 Å². The number of halogens is 1. The normalized spacial score (nSPS) is 21.4. The summed E-state index contributed by atoms with van der Waals surface area (Å²) in [5.41, 5.74) is 0.950. The number of hydrogen-bond donors (Lipinski definition) is 2. The Hall–Kier alpha value is -2.72. The number of aromatic nitrogens is 2. The van der Waals surface area contributed by atoms with Crippen LogP contribution >= 0.6 is 0 Å². The van der Waals surface area contributed by atoms with Crippen molar-refractivity contribution < 1.29 is 14.0 Å². The molecule has 10 heteroatoms. The number of carbonyl (C=O) groups is 2. The maximum atomic E-state index is 15.6. The van der Waals surface area contributed by atoms with Crippen molar-refractivity contribution in [3.8, 4) is 0 Å². The molecule has 9 nitrogen and oxygen atoms in total. The predicted octanol–water partition coefficient (Wildman–Crippen LogP) is 1.28. The van der Waals surface area contributed by atoms with Crippen molar-refractivity contribution in [2.24, 2.45) is 13.0 Å². The summed E-state index contributed by atoms with van der Waals surface area (Å²) in [6.45, 7) is 7.01. The highest BCUT2D eigenvalue weighted by Crippen LogP contribution is 2.34. The second kappa shape index (κ2) is 8.67. The molecule has 0 spiro atoms. The van der Waals surface area contributed by atoms with Crippen molar-refractivity contribution in [3.63, 3.8) is 0 Å². The van der Waals surface area contributed by atoms with Crippen molar-refractivity contribution in [3.05, 3.63) is 17.9 Å². The summed E-state index contributed by atoms with van der Waals surface area (Å²) in [5.74, 6) is 0.513. The molecule has 5 rings (SSSR count). The quantitative estimate of drug-likeness (QED) is 0.741. The Morgan fingerprint density at radius 2 is 1.84 bits per heavy atom. The van der Waals surface area contributed by atoms with E-state index in [1.807, 2.05) is 6.07 Å². The zero-order chi connectivity index (χ0) is 22.2. The van der Waals surface area contributed by atoms with E-state index in [1.165, 1.54) is 22.4 Å². The molecule has 0 saturated carbocycles. The molecule has 3 fully saturated rings. The van der Waals surface area contributed by atoms with E-state index < -0.39 is 6.03 Å². The topological polar surface area (TPSA) is 85.7 Å². The molecule has 4 heterocycles. The number of fused-ring (bicyclic) bond motifs is 1. The number of amides is 3. The Kier molecular flexibility index (Phi) is 5.73. The average Bonchev–Trinajstić information content (AvgIpc) is 3.12. The number of urea groups is 1. The summed E-state index contributed by atoms with van der Waals surface area (Å²) >= 11 is 0. The van der Waals surface area contributed by atoms with Gasteiger partial charge in [0.1, 0.15) is 5.52 Å². The number of nitrogens with one attached hydrogen (secondary N) is 2. The second-order valence-electron chi connectivity index (χ2n) is 8.98. The summed E-state index contributed by atoms with van der Waals surface area (Å²) in [4.78, 5) is 29.7. The lowest BCUT2D eigenvalue weighted by molar-refractivity contribution is -0.120. The fraction of sp³-hybridized carbons (Fsp3) is 0.591. The molecule has 2 N–H and O–H groups in total. The molecule has 0 unspecified atom stereocenters. The van der Waals surface area contributed by atoms with Crippen LogP contribution in [0.25, 0.3) is 10.9 Å².